The quantitative estimate of drug-likeness (QED) is 0.0869. The number of thiol groups is 2. The zero-order valence-electron chi connectivity index (χ0n) is 35.5. The number of fused-ring (bicyclic) bond motifs is 1. The summed E-state index contributed by atoms with van der Waals surface area (Å²) in [6.45, 7) is 9.26. The van der Waals surface area contributed by atoms with Crippen LogP contribution in [0.1, 0.15) is 148 Å². The summed E-state index contributed by atoms with van der Waals surface area (Å²) < 4.78 is 16.8. The maximum Gasteiger partial charge on any atom is 0.109 e. The summed E-state index contributed by atoms with van der Waals surface area (Å²) in [6, 6.07) is 9.15. The molecule has 6 atom stereocenters. The van der Waals surface area contributed by atoms with Crippen molar-refractivity contribution in [2.75, 3.05) is 0 Å². The Morgan fingerprint density at radius 3 is 2.30 bits per heavy atom. The number of aromatic nitrogens is 2. The van der Waals surface area contributed by atoms with E-state index in [9.17, 15) is 5.41 Å². The molecule has 4 nitrogen and oxygen atoms in total. The predicted octanol–water partition coefficient (Wildman–Crippen LogP) is 17.4. The van der Waals surface area contributed by atoms with Crippen molar-refractivity contribution in [3.05, 3.63) is 94.4 Å². The number of rotatable bonds is 18. The summed E-state index contributed by atoms with van der Waals surface area (Å²) in [7, 11) is 0. The highest BCUT2D eigenvalue weighted by Gasteiger charge is 2.39. The molecular formula is C48H57BrN4S8. The largest absolute Gasteiger partial charge is 0.298 e. The first-order valence-corrected chi connectivity index (χ1v) is 28.8. The van der Waals surface area contributed by atoms with Crippen molar-refractivity contribution in [1.29, 1.82) is 5.41 Å². The van der Waals surface area contributed by atoms with Crippen LogP contribution in [0, 0.1) is 23.2 Å². The van der Waals surface area contributed by atoms with Crippen molar-refractivity contribution in [2.24, 2.45) is 22.2 Å². The second-order valence-corrected chi connectivity index (χ2v) is 25.6. The van der Waals surface area contributed by atoms with Crippen LogP contribution in [0.5, 0.6) is 0 Å². The van der Waals surface area contributed by atoms with Gasteiger partial charge in [-0.25, -0.2) is 4.40 Å². The molecule has 0 spiro atoms. The Kier molecular flexibility index (Phi) is 16.3. The first-order valence-electron chi connectivity index (χ1n) is 22.2. The lowest BCUT2D eigenvalue weighted by molar-refractivity contribution is 0.448. The summed E-state index contributed by atoms with van der Waals surface area (Å²) in [5.74, 6) is 1.85. The Labute approximate surface area is 408 Å². The standard InChI is InChI=1S/C48H57BrN4S8/c1-5-9-11-27(7-3)23-29-25-41(49)59-47(29)39-21-19-35(57-39)31-13-14-32(44(51-55)43(31)50)36-17-18-37(56-36)33-15-16-34(46-45(33)52-61-53-46)38-20-22-40(58-38)48-30(26-42(54)60-48)24-28(8-4)12-10-6-2/h13,15,18-21,25-28,32,34,36,40,50,54-55H,5-12,14,16-17,22-24H2,1-4H3/b50-43?,51-44-. The van der Waals surface area contributed by atoms with Gasteiger partial charge in [-0.2, -0.15) is 8.75 Å². The minimum Gasteiger partial charge on any atom is -0.298 e. The van der Waals surface area contributed by atoms with Gasteiger partial charge in [-0.3, -0.25) is 5.41 Å². The van der Waals surface area contributed by atoms with Crippen LogP contribution < -0.4 is 0 Å². The van der Waals surface area contributed by atoms with Gasteiger partial charge in [0, 0.05) is 57.9 Å². The third-order valence-corrected chi connectivity index (χ3v) is 21.3. The Balaban J connectivity index is 0.922. The Morgan fingerprint density at radius 1 is 0.820 bits per heavy atom. The van der Waals surface area contributed by atoms with Crippen molar-refractivity contribution in [3.8, 4) is 9.75 Å². The molecule has 13 heteroatoms. The molecule has 8 rings (SSSR count). The van der Waals surface area contributed by atoms with Gasteiger partial charge in [0.2, 0.25) is 0 Å². The van der Waals surface area contributed by atoms with Gasteiger partial charge in [-0.1, -0.05) is 103 Å². The van der Waals surface area contributed by atoms with Crippen molar-refractivity contribution in [1.82, 2.24) is 8.75 Å². The molecule has 4 aromatic rings. The first-order chi connectivity index (χ1) is 29.7. The first kappa shape index (κ1) is 46.4. The summed E-state index contributed by atoms with van der Waals surface area (Å²) in [5, 5.41) is 10.2. The van der Waals surface area contributed by atoms with E-state index in [0.29, 0.717) is 16.9 Å². The van der Waals surface area contributed by atoms with E-state index in [-0.39, 0.29) is 17.1 Å². The lowest BCUT2D eigenvalue weighted by Crippen LogP contribution is -2.33. The van der Waals surface area contributed by atoms with E-state index in [4.69, 9.17) is 21.4 Å². The fourth-order valence-corrected chi connectivity index (χ4v) is 17.7. The van der Waals surface area contributed by atoms with Gasteiger partial charge in [-0.05, 0) is 119 Å². The van der Waals surface area contributed by atoms with Crippen molar-refractivity contribution in [2.45, 2.75) is 138 Å². The summed E-state index contributed by atoms with van der Waals surface area (Å²) >= 11 is 24.0. The van der Waals surface area contributed by atoms with Gasteiger partial charge in [-0.15, -0.1) is 70.2 Å². The van der Waals surface area contributed by atoms with Crippen molar-refractivity contribution < 1.29 is 0 Å². The normalized spacial score (nSPS) is 23.3. The van der Waals surface area contributed by atoms with Crippen LogP contribution in [0.2, 0.25) is 0 Å². The van der Waals surface area contributed by atoms with Gasteiger partial charge in [0.25, 0.3) is 0 Å². The number of unbranched alkanes of at least 4 members (excludes halogenated alkanes) is 2. The summed E-state index contributed by atoms with van der Waals surface area (Å²) in [4.78, 5) is 8.06. The third kappa shape index (κ3) is 10.3. The molecule has 0 radical (unpaired) electrons. The van der Waals surface area contributed by atoms with Gasteiger partial charge >= 0.3 is 0 Å². The lowest BCUT2D eigenvalue weighted by atomic mass is 9.82. The van der Waals surface area contributed by atoms with Crippen molar-refractivity contribution >= 4 is 133 Å². The molecule has 2 aliphatic carbocycles. The molecular weight excluding hydrogens is 969 g/mol. The molecule has 0 saturated carbocycles. The number of hydrogen-bond acceptors (Lipinski definition) is 12. The number of hydrogen-bond donors (Lipinski definition) is 3. The van der Waals surface area contributed by atoms with E-state index < -0.39 is 0 Å². The zero-order chi connectivity index (χ0) is 42.6. The number of thioether (sulfide) groups is 2. The second kappa shape index (κ2) is 21.4. The smallest absolute Gasteiger partial charge is 0.109 e. The second-order valence-electron chi connectivity index (χ2n) is 16.9. The number of thiophene rings is 3. The van der Waals surface area contributed by atoms with Gasteiger partial charge in [0.05, 0.1) is 36.8 Å². The van der Waals surface area contributed by atoms with Crippen LogP contribution in [-0.4, -0.2) is 25.4 Å². The van der Waals surface area contributed by atoms with Gasteiger partial charge in [0.1, 0.15) is 5.69 Å². The van der Waals surface area contributed by atoms with Crippen LogP contribution in [0.4, 0.5) is 0 Å². The van der Waals surface area contributed by atoms with Gasteiger partial charge < -0.3 is 0 Å². The molecule has 0 aromatic carbocycles. The van der Waals surface area contributed by atoms with Crippen LogP contribution in [0.25, 0.3) is 20.9 Å². The Hall–Kier alpha value is -1.16. The molecule has 0 bridgehead atoms. The zero-order valence-corrected chi connectivity index (χ0v) is 43.8. The van der Waals surface area contributed by atoms with Crippen LogP contribution in [0.3, 0.4) is 0 Å². The minimum absolute atomic E-state index is 0.127. The third-order valence-electron chi connectivity index (χ3n) is 13.0. The molecule has 6 heterocycles. The van der Waals surface area contributed by atoms with E-state index in [2.05, 4.69) is 121 Å². The number of allylic oxidation sites excluding steroid dienone is 7. The fraction of sp³-hybridized carbons (Fsp3) is 0.500. The van der Waals surface area contributed by atoms with Crippen LogP contribution in [0.15, 0.2) is 70.8 Å². The summed E-state index contributed by atoms with van der Waals surface area (Å²) in [5.41, 5.74) is 8.71. The summed E-state index contributed by atoms with van der Waals surface area (Å²) in [6.07, 6.45) is 25.9. The molecule has 0 saturated heterocycles. The molecule has 4 aromatic heterocycles. The number of nitrogens with zero attached hydrogens (tertiary/aromatic N) is 3. The van der Waals surface area contributed by atoms with Crippen molar-refractivity contribution in [3.63, 3.8) is 0 Å². The molecule has 324 valence electrons. The minimum atomic E-state index is 0.127. The van der Waals surface area contributed by atoms with Crippen LogP contribution in [-0.2, 0) is 12.8 Å². The maximum absolute atomic E-state index is 9.44. The highest BCUT2D eigenvalue weighted by molar-refractivity contribution is 9.11. The lowest BCUT2D eigenvalue weighted by Gasteiger charge is -2.29. The molecule has 4 aliphatic rings. The highest BCUT2D eigenvalue weighted by atomic mass is 79.9. The topological polar surface area (TPSA) is 62.0 Å². The maximum atomic E-state index is 9.44. The molecule has 0 amide bonds. The van der Waals surface area contributed by atoms with E-state index in [1.807, 2.05) is 45.8 Å². The molecule has 2 aliphatic heterocycles. The molecule has 6 unspecified atom stereocenters. The molecule has 61 heavy (non-hydrogen) atoms. The number of nitrogens with one attached hydrogen (secondary N) is 1. The number of halogens is 1. The average molecular weight is 1030 g/mol. The Morgan fingerprint density at radius 2 is 1.56 bits per heavy atom. The molecule has 1 N–H and O–H groups in total. The predicted molar refractivity (Wildman–Crippen MR) is 284 cm³/mol. The van der Waals surface area contributed by atoms with E-state index >= 15 is 0 Å². The fourth-order valence-electron chi connectivity index (χ4n) is 9.48. The monoisotopic (exact) mass is 1020 g/mol. The van der Waals surface area contributed by atoms with Gasteiger partial charge in [0.15, 0.2) is 0 Å². The SMILES string of the molecule is CCCCC(CC)Cc1cc(Br)sc1-c1ccc(C2=CCC(C3CC=C(C4=CCC(C5=CCC(c6sc(S)cc6CC(CC)CCCC)S5)c5nsnc54)S3)/C(=N/S)C2=N)s1. The Bertz CT molecular complexity index is 2360. The van der Waals surface area contributed by atoms with E-state index in [0.717, 1.165) is 69.8 Å². The van der Waals surface area contributed by atoms with E-state index in [1.54, 1.807) is 0 Å². The average Bonchev–Trinajstić information content (AvgIpc) is 4.13. The van der Waals surface area contributed by atoms with Crippen LogP contribution >= 0.6 is 111 Å². The molecule has 0 fully saturated rings. The van der Waals surface area contributed by atoms with E-state index in [1.165, 1.54) is 114 Å². The highest BCUT2D eigenvalue weighted by Crippen LogP contribution is 2.56.